The molecule has 6 N–H and O–H groups in total. The molecule has 2 aromatic heterocycles. The van der Waals surface area contributed by atoms with Crippen LogP contribution in [0.4, 0.5) is 5.69 Å². The van der Waals surface area contributed by atoms with Crippen molar-refractivity contribution in [2.24, 2.45) is 15.9 Å². The van der Waals surface area contributed by atoms with Crippen molar-refractivity contribution in [3.05, 3.63) is 77.7 Å². The van der Waals surface area contributed by atoms with Gasteiger partial charge in [-0.05, 0) is 30.3 Å². The minimum absolute atomic E-state index is 0.237. The molecule has 0 atom stereocenters. The molecule has 180 valence electrons. The Morgan fingerprint density at radius 3 is 2.28 bits per heavy atom. The summed E-state index contributed by atoms with van der Waals surface area (Å²) in [5.41, 5.74) is 1.91. The Balaban J connectivity index is 1.58. The number of aromatic nitrogens is 4. The number of aromatic hydroxyl groups is 2. The van der Waals surface area contributed by atoms with E-state index in [1.807, 2.05) is 0 Å². The molecule has 0 radical (unpaired) electrons. The SMILES string of the molecule is N/N=C(\C=Nc1ccc(C(=O)O)c(O)c1)c1cncc(-c2cn(-c3ccc(C(=O)O)c(O)c3)nn2)c1. The molecule has 0 aliphatic heterocycles. The molecule has 36 heavy (non-hydrogen) atoms. The van der Waals surface area contributed by atoms with E-state index in [1.165, 1.54) is 59.7 Å². The fourth-order valence-electron chi connectivity index (χ4n) is 3.19. The number of aromatic carboxylic acids is 2. The van der Waals surface area contributed by atoms with Gasteiger partial charge in [0.1, 0.15) is 34.0 Å². The number of aliphatic imine (C=N–C) groups is 1. The molecule has 4 aromatic rings. The topological polar surface area (TPSA) is 209 Å². The summed E-state index contributed by atoms with van der Waals surface area (Å²) < 4.78 is 1.36. The maximum Gasteiger partial charge on any atom is 0.339 e. The summed E-state index contributed by atoms with van der Waals surface area (Å²) in [5, 5.41) is 49.6. The van der Waals surface area contributed by atoms with E-state index in [4.69, 9.17) is 16.1 Å². The molecule has 0 aliphatic rings. The van der Waals surface area contributed by atoms with Gasteiger partial charge in [0, 0.05) is 35.7 Å². The maximum atomic E-state index is 11.1. The van der Waals surface area contributed by atoms with E-state index in [2.05, 4.69) is 25.4 Å². The standard InChI is InChI=1S/C23H17N7O6/c24-27-18(10-26-14-1-3-16(22(33)34)20(31)6-14)12-5-13(9-25-8-12)19-11-30(29-28-19)15-2-4-17(23(35)36)21(32)7-15/h1-11,31-32H,24H2,(H,33,34)(H,35,36)/b26-10?,27-18+. The maximum absolute atomic E-state index is 11.1. The number of carboxylic acids is 2. The van der Waals surface area contributed by atoms with Crippen LogP contribution in [0.15, 0.2) is 71.1 Å². The first-order valence-electron chi connectivity index (χ1n) is 10.1. The highest BCUT2D eigenvalue weighted by molar-refractivity contribution is 6.38. The number of rotatable bonds is 7. The van der Waals surface area contributed by atoms with Crippen LogP contribution in [0, 0.1) is 0 Å². The van der Waals surface area contributed by atoms with Crippen molar-refractivity contribution < 1.29 is 30.0 Å². The van der Waals surface area contributed by atoms with Gasteiger partial charge in [-0.25, -0.2) is 14.3 Å². The van der Waals surface area contributed by atoms with Gasteiger partial charge in [-0.3, -0.25) is 9.98 Å². The summed E-state index contributed by atoms with van der Waals surface area (Å²) in [4.78, 5) is 30.5. The molecule has 0 saturated heterocycles. The van der Waals surface area contributed by atoms with Gasteiger partial charge in [-0.2, -0.15) is 5.10 Å². The van der Waals surface area contributed by atoms with Crippen LogP contribution in [0.25, 0.3) is 16.9 Å². The number of pyridine rings is 1. The minimum atomic E-state index is -1.26. The molecule has 0 amide bonds. The van der Waals surface area contributed by atoms with Gasteiger partial charge in [0.2, 0.25) is 0 Å². The van der Waals surface area contributed by atoms with E-state index >= 15 is 0 Å². The summed E-state index contributed by atoms with van der Waals surface area (Å²) in [7, 11) is 0. The number of nitrogens with zero attached hydrogens (tertiary/aromatic N) is 6. The predicted octanol–water partition coefficient (Wildman–Crippen LogP) is 2.20. The van der Waals surface area contributed by atoms with Crippen LogP contribution in [0.2, 0.25) is 0 Å². The lowest BCUT2D eigenvalue weighted by atomic mass is 10.1. The zero-order valence-corrected chi connectivity index (χ0v) is 18.2. The molecule has 4 rings (SSSR count). The second-order valence-corrected chi connectivity index (χ2v) is 7.30. The third kappa shape index (κ3) is 4.84. The Bertz CT molecular complexity index is 1540. The molecule has 2 aromatic carbocycles. The normalized spacial score (nSPS) is 11.6. The van der Waals surface area contributed by atoms with Gasteiger partial charge in [-0.1, -0.05) is 5.21 Å². The number of benzene rings is 2. The largest absolute Gasteiger partial charge is 0.507 e. The van der Waals surface area contributed by atoms with E-state index in [0.29, 0.717) is 22.5 Å². The van der Waals surface area contributed by atoms with Crippen LogP contribution in [0.5, 0.6) is 11.5 Å². The van der Waals surface area contributed by atoms with Crippen LogP contribution >= 0.6 is 0 Å². The van der Waals surface area contributed by atoms with Crippen molar-refractivity contribution in [2.45, 2.75) is 0 Å². The number of hydrogen-bond donors (Lipinski definition) is 5. The second-order valence-electron chi connectivity index (χ2n) is 7.30. The third-order valence-electron chi connectivity index (χ3n) is 4.99. The van der Waals surface area contributed by atoms with Gasteiger partial charge >= 0.3 is 11.9 Å². The zero-order valence-electron chi connectivity index (χ0n) is 18.2. The van der Waals surface area contributed by atoms with Gasteiger partial charge < -0.3 is 26.3 Å². The number of hydrazone groups is 1. The zero-order chi connectivity index (χ0) is 25.8. The van der Waals surface area contributed by atoms with Crippen molar-refractivity contribution >= 4 is 29.6 Å². The van der Waals surface area contributed by atoms with E-state index < -0.39 is 23.4 Å². The molecular formula is C23H17N7O6. The first-order chi connectivity index (χ1) is 17.3. The smallest absolute Gasteiger partial charge is 0.339 e. The Morgan fingerprint density at radius 2 is 1.64 bits per heavy atom. The van der Waals surface area contributed by atoms with E-state index in [1.54, 1.807) is 12.3 Å². The Kier molecular flexibility index (Phi) is 6.36. The van der Waals surface area contributed by atoms with Crippen LogP contribution in [0.1, 0.15) is 26.3 Å². The third-order valence-corrected chi connectivity index (χ3v) is 4.99. The molecule has 13 heteroatoms. The van der Waals surface area contributed by atoms with E-state index in [-0.39, 0.29) is 22.5 Å². The fourth-order valence-corrected chi connectivity index (χ4v) is 3.19. The summed E-state index contributed by atoms with van der Waals surface area (Å²) >= 11 is 0. The molecule has 0 unspecified atom stereocenters. The van der Waals surface area contributed by atoms with Gasteiger partial charge in [0.05, 0.1) is 23.8 Å². The molecule has 0 saturated carbocycles. The first kappa shape index (κ1) is 23.6. The predicted molar refractivity (Wildman–Crippen MR) is 127 cm³/mol. The lowest BCUT2D eigenvalue weighted by Crippen LogP contribution is -2.06. The highest BCUT2D eigenvalue weighted by Crippen LogP contribution is 2.25. The number of phenols is 2. The first-order valence-corrected chi connectivity index (χ1v) is 10.1. The Hall–Kier alpha value is -5.59. The van der Waals surface area contributed by atoms with Crippen molar-refractivity contribution in [3.63, 3.8) is 0 Å². The molecule has 0 fully saturated rings. The summed E-state index contributed by atoms with van der Waals surface area (Å²) in [6.45, 7) is 0. The van der Waals surface area contributed by atoms with Gasteiger partial charge in [0.25, 0.3) is 0 Å². The van der Waals surface area contributed by atoms with Gasteiger partial charge in [-0.15, -0.1) is 5.10 Å². The summed E-state index contributed by atoms with van der Waals surface area (Å²) in [5.74, 6) is 2.17. The number of carboxylic acid groups (broad SMARTS) is 2. The van der Waals surface area contributed by atoms with Crippen LogP contribution in [-0.2, 0) is 0 Å². The van der Waals surface area contributed by atoms with Crippen LogP contribution in [0.3, 0.4) is 0 Å². The molecule has 0 aliphatic carbocycles. The lowest BCUT2D eigenvalue weighted by molar-refractivity contribution is 0.0682. The second kappa shape index (κ2) is 9.72. The molecule has 0 bridgehead atoms. The fraction of sp³-hybridized carbons (Fsp3) is 0. The molecular weight excluding hydrogens is 470 g/mol. The van der Waals surface area contributed by atoms with E-state index in [9.17, 15) is 19.8 Å². The highest BCUT2D eigenvalue weighted by Gasteiger charge is 2.13. The Labute approximate surface area is 202 Å². The minimum Gasteiger partial charge on any atom is -0.507 e. The van der Waals surface area contributed by atoms with Crippen molar-refractivity contribution in [1.82, 2.24) is 20.0 Å². The van der Waals surface area contributed by atoms with Crippen molar-refractivity contribution in [1.29, 1.82) is 0 Å². The highest BCUT2D eigenvalue weighted by atomic mass is 16.4. The summed E-state index contributed by atoms with van der Waals surface area (Å²) in [6.07, 6.45) is 5.94. The lowest BCUT2D eigenvalue weighted by Gasteiger charge is -2.04. The average molecular weight is 487 g/mol. The van der Waals surface area contributed by atoms with E-state index in [0.717, 1.165) is 0 Å². The molecule has 0 spiro atoms. The summed E-state index contributed by atoms with van der Waals surface area (Å²) in [6, 6.07) is 9.52. The van der Waals surface area contributed by atoms with Gasteiger partial charge in [0.15, 0.2) is 0 Å². The van der Waals surface area contributed by atoms with Crippen LogP contribution in [-0.4, -0.2) is 64.3 Å². The quantitative estimate of drug-likeness (QED) is 0.146. The Morgan fingerprint density at radius 1 is 0.944 bits per heavy atom. The number of carbonyl (C=O) groups is 2. The average Bonchev–Trinajstić information content (AvgIpc) is 3.35. The number of nitrogens with two attached hydrogens (primary N) is 1. The van der Waals surface area contributed by atoms with Crippen molar-refractivity contribution in [3.8, 4) is 28.4 Å². The molecule has 13 nitrogen and oxygen atoms in total. The monoisotopic (exact) mass is 487 g/mol. The molecule has 2 heterocycles. The number of hydrogen-bond acceptors (Lipinski definition) is 10. The van der Waals surface area contributed by atoms with Crippen LogP contribution < -0.4 is 5.84 Å². The van der Waals surface area contributed by atoms with Crippen molar-refractivity contribution in [2.75, 3.05) is 0 Å².